The Labute approximate surface area is 174 Å². The maximum atomic E-state index is 13.2. The van der Waals surface area contributed by atoms with Crippen molar-refractivity contribution in [3.05, 3.63) is 69.2 Å². The summed E-state index contributed by atoms with van der Waals surface area (Å²) in [7, 11) is 0. The van der Waals surface area contributed by atoms with E-state index in [0.29, 0.717) is 22.9 Å². The molecule has 29 heavy (non-hydrogen) atoms. The first-order valence-corrected chi connectivity index (χ1v) is 9.97. The van der Waals surface area contributed by atoms with Crippen LogP contribution < -0.4 is 11.1 Å². The second-order valence-corrected chi connectivity index (χ2v) is 8.10. The Hall–Kier alpha value is -3.13. The molecule has 0 aliphatic carbocycles. The van der Waals surface area contributed by atoms with Gasteiger partial charge in [0.15, 0.2) is 5.82 Å². The third-order valence-electron chi connectivity index (χ3n) is 4.52. The quantitative estimate of drug-likeness (QED) is 0.458. The van der Waals surface area contributed by atoms with E-state index in [-0.39, 0.29) is 11.7 Å². The largest absolute Gasteiger partial charge is 0.439 e. The number of nitrogens with zero attached hydrogens (tertiary/aromatic N) is 2. The summed E-state index contributed by atoms with van der Waals surface area (Å²) in [5.41, 5.74) is 2.65. The predicted molar refractivity (Wildman–Crippen MR) is 115 cm³/mol. The van der Waals surface area contributed by atoms with Gasteiger partial charge in [0.1, 0.15) is 5.69 Å². The van der Waals surface area contributed by atoms with Gasteiger partial charge in [-0.25, -0.2) is 4.79 Å². The van der Waals surface area contributed by atoms with Gasteiger partial charge >= 0.3 is 5.76 Å². The number of halogens is 1. The summed E-state index contributed by atoms with van der Waals surface area (Å²) in [6, 6.07) is 15.1. The van der Waals surface area contributed by atoms with E-state index in [1.807, 2.05) is 34.9 Å². The maximum absolute atomic E-state index is 13.2. The zero-order valence-electron chi connectivity index (χ0n) is 15.9. The van der Waals surface area contributed by atoms with E-state index in [2.05, 4.69) is 49.8 Å². The number of benzene rings is 2. The SMILES string of the molecule is CC(C)Cn1c(C(=O)Nc2ccc(Br)cc2-c2noc(=O)[nH]2)cc2ccccc21. The summed E-state index contributed by atoms with van der Waals surface area (Å²) < 4.78 is 7.43. The van der Waals surface area contributed by atoms with Crippen molar-refractivity contribution in [3.63, 3.8) is 0 Å². The van der Waals surface area contributed by atoms with Gasteiger partial charge in [0.25, 0.3) is 5.91 Å². The Kier molecular flexibility index (Phi) is 5.10. The minimum atomic E-state index is -0.658. The number of anilines is 1. The fraction of sp³-hybridized carbons (Fsp3) is 0.190. The van der Waals surface area contributed by atoms with Crippen LogP contribution in [0.4, 0.5) is 5.69 Å². The Morgan fingerprint density at radius 3 is 2.76 bits per heavy atom. The summed E-state index contributed by atoms with van der Waals surface area (Å²) in [6.07, 6.45) is 0. The van der Waals surface area contributed by atoms with Gasteiger partial charge in [0, 0.05) is 27.5 Å². The molecule has 7 nitrogen and oxygen atoms in total. The highest BCUT2D eigenvalue weighted by molar-refractivity contribution is 9.10. The van der Waals surface area contributed by atoms with E-state index in [4.69, 9.17) is 0 Å². The highest BCUT2D eigenvalue weighted by Crippen LogP contribution is 2.29. The molecule has 0 atom stereocenters. The Balaban J connectivity index is 1.75. The van der Waals surface area contributed by atoms with Crippen LogP contribution in [-0.4, -0.2) is 20.6 Å². The standard InChI is InChI=1S/C21H19BrN4O3/c1-12(2)11-26-17-6-4-3-5-13(17)9-18(26)20(27)23-16-8-7-14(22)10-15(16)19-24-21(28)29-25-19/h3-10,12H,11H2,1-2H3,(H,23,27)(H,24,25,28). The number of H-pyrrole nitrogens is 1. The maximum Gasteiger partial charge on any atom is 0.439 e. The number of aromatic nitrogens is 3. The minimum Gasteiger partial charge on any atom is -0.336 e. The lowest BCUT2D eigenvalue weighted by Gasteiger charge is -2.14. The first-order chi connectivity index (χ1) is 13.9. The van der Waals surface area contributed by atoms with Crippen molar-refractivity contribution in [2.75, 3.05) is 5.32 Å². The molecule has 2 N–H and O–H groups in total. The van der Waals surface area contributed by atoms with E-state index in [1.165, 1.54) is 0 Å². The van der Waals surface area contributed by atoms with Crippen LogP contribution in [0.2, 0.25) is 0 Å². The van der Waals surface area contributed by atoms with Crippen molar-refractivity contribution >= 4 is 38.4 Å². The number of amides is 1. The van der Waals surface area contributed by atoms with Crippen LogP contribution in [0.5, 0.6) is 0 Å². The van der Waals surface area contributed by atoms with Crippen molar-refractivity contribution in [2.45, 2.75) is 20.4 Å². The Morgan fingerprint density at radius 2 is 2.03 bits per heavy atom. The normalized spacial score (nSPS) is 11.3. The topological polar surface area (TPSA) is 92.9 Å². The smallest absolute Gasteiger partial charge is 0.336 e. The molecule has 0 aliphatic heterocycles. The van der Waals surface area contributed by atoms with Crippen LogP contribution >= 0.6 is 15.9 Å². The van der Waals surface area contributed by atoms with Crippen LogP contribution in [0.3, 0.4) is 0 Å². The number of fused-ring (bicyclic) bond motifs is 1. The summed E-state index contributed by atoms with van der Waals surface area (Å²) in [5, 5.41) is 7.70. The van der Waals surface area contributed by atoms with E-state index in [1.54, 1.807) is 18.2 Å². The molecule has 0 aliphatic rings. The first-order valence-electron chi connectivity index (χ1n) is 9.18. The van der Waals surface area contributed by atoms with Gasteiger partial charge in [-0.3, -0.25) is 14.3 Å². The molecule has 0 bridgehead atoms. The van der Waals surface area contributed by atoms with Crippen LogP contribution in [0.25, 0.3) is 22.3 Å². The Morgan fingerprint density at radius 1 is 1.24 bits per heavy atom. The molecule has 0 unspecified atom stereocenters. The van der Waals surface area contributed by atoms with Crippen molar-refractivity contribution in [1.29, 1.82) is 0 Å². The zero-order chi connectivity index (χ0) is 20.5. The van der Waals surface area contributed by atoms with Crippen molar-refractivity contribution < 1.29 is 9.32 Å². The average Bonchev–Trinajstić information content (AvgIpc) is 3.27. The molecule has 2 heterocycles. The number of nitrogens with one attached hydrogen (secondary N) is 2. The van der Waals surface area contributed by atoms with Gasteiger partial charge in [0.2, 0.25) is 0 Å². The summed E-state index contributed by atoms with van der Waals surface area (Å²) in [5.74, 6) is -0.277. The van der Waals surface area contributed by atoms with Crippen LogP contribution in [-0.2, 0) is 6.54 Å². The molecule has 4 rings (SSSR count). The molecule has 2 aromatic heterocycles. The zero-order valence-corrected chi connectivity index (χ0v) is 17.5. The van der Waals surface area contributed by atoms with E-state index in [0.717, 1.165) is 21.9 Å². The van der Waals surface area contributed by atoms with Crippen molar-refractivity contribution in [2.24, 2.45) is 5.92 Å². The lowest BCUT2D eigenvalue weighted by atomic mass is 10.1. The third kappa shape index (κ3) is 3.88. The highest BCUT2D eigenvalue weighted by atomic mass is 79.9. The van der Waals surface area contributed by atoms with Gasteiger partial charge in [-0.2, -0.15) is 0 Å². The molecule has 148 valence electrons. The summed E-state index contributed by atoms with van der Waals surface area (Å²) >= 11 is 3.41. The number of aromatic amines is 1. The monoisotopic (exact) mass is 454 g/mol. The Bertz CT molecular complexity index is 1250. The lowest BCUT2D eigenvalue weighted by Crippen LogP contribution is -2.19. The van der Waals surface area contributed by atoms with E-state index in [9.17, 15) is 9.59 Å². The summed E-state index contributed by atoms with van der Waals surface area (Å²) in [6.45, 7) is 4.95. The van der Waals surface area contributed by atoms with Crippen LogP contribution in [0, 0.1) is 5.92 Å². The molecule has 8 heteroatoms. The highest BCUT2D eigenvalue weighted by Gasteiger charge is 2.19. The summed E-state index contributed by atoms with van der Waals surface area (Å²) in [4.78, 5) is 27.1. The molecular weight excluding hydrogens is 436 g/mol. The molecule has 0 saturated carbocycles. The van der Waals surface area contributed by atoms with Crippen molar-refractivity contribution in [3.8, 4) is 11.4 Å². The van der Waals surface area contributed by atoms with E-state index < -0.39 is 5.76 Å². The molecule has 0 fully saturated rings. The molecule has 4 aromatic rings. The number of rotatable bonds is 5. The number of hydrogen-bond donors (Lipinski definition) is 2. The molecule has 0 radical (unpaired) electrons. The number of carbonyl (C=O) groups is 1. The molecular formula is C21H19BrN4O3. The molecule has 2 aromatic carbocycles. The van der Waals surface area contributed by atoms with Crippen molar-refractivity contribution in [1.82, 2.24) is 14.7 Å². The van der Waals surface area contributed by atoms with E-state index >= 15 is 0 Å². The van der Waals surface area contributed by atoms with Gasteiger partial charge in [-0.15, -0.1) is 0 Å². The molecule has 0 saturated heterocycles. The lowest BCUT2D eigenvalue weighted by molar-refractivity contribution is 0.101. The predicted octanol–water partition coefficient (Wildman–Crippen LogP) is 4.66. The fourth-order valence-electron chi connectivity index (χ4n) is 3.31. The number of hydrogen-bond acceptors (Lipinski definition) is 4. The van der Waals surface area contributed by atoms with Gasteiger partial charge in [0.05, 0.1) is 5.69 Å². The first kappa shape index (κ1) is 19.2. The fourth-order valence-corrected chi connectivity index (χ4v) is 3.68. The molecule has 0 spiro atoms. The van der Waals surface area contributed by atoms with Gasteiger partial charge in [-0.05, 0) is 36.2 Å². The molecule has 1 amide bonds. The number of carbonyl (C=O) groups excluding carboxylic acids is 1. The minimum absolute atomic E-state index is 0.240. The third-order valence-corrected chi connectivity index (χ3v) is 5.01. The average molecular weight is 455 g/mol. The second-order valence-electron chi connectivity index (χ2n) is 7.18. The van der Waals surface area contributed by atoms with Gasteiger partial charge in [-0.1, -0.05) is 53.1 Å². The van der Waals surface area contributed by atoms with Gasteiger partial charge < -0.3 is 9.88 Å². The van der Waals surface area contributed by atoms with Crippen LogP contribution in [0.1, 0.15) is 24.3 Å². The van der Waals surface area contributed by atoms with Crippen LogP contribution in [0.15, 0.2) is 62.3 Å². The second kappa shape index (κ2) is 7.71. The number of para-hydroxylation sites is 1.